The molecule has 0 aromatic carbocycles. The molecule has 3 N–H and O–H groups in total. The topological polar surface area (TPSA) is 204 Å². The van der Waals surface area contributed by atoms with Gasteiger partial charge in [0, 0.05) is 11.8 Å². The maximum absolute atomic E-state index is 12.5. The summed E-state index contributed by atoms with van der Waals surface area (Å²) in [6, 6.07) is 0. The lowest BCUT2D eigenvalue weighted by molar-refractivity contribution is -0.250. The van der Waals surface area contributed by atoms with Crippen molar-refractivity contribution >= 4 is 28.9 Å². The molecule has 0 unspecified atom stereocenters. The molecule has 0 saturated carbocycles. The van der Waals surface area contributed by atoms with E-state index in [0.717, 1.165) is 6.92 Å². The molecule has 4 atom stereocenters. The third kappa shape index (κ3) is 2.99. The highest BCUT2D eigenvalue weighted by Crippen LogP contribution is 2.41. The minimum absolute atomic E-state index is 0.570. The number of hydrogen-bond acceptors (Lipinski definition) is 10. The lowest BCUT2D eigenvalue weighted by atomic mass is 9.61. The molecule has 0 aliphatic rings. The van der Waals surface area contributed by atoms with Crippen LogP contribution in [-0.4, -0.2) is 67.1 Å². The van der Waals surface area contributed by atoms with Gasteiger partial charge in [0.05, 0.1) is 6.10 Å². The fourth-order valence-electron chi connectivity index (χ4n) is 2.71. The number of aliphatic hydroxyl groups is 3. The molecular weight excluding hydrogens is 354 g/mol. The zero-order valence-electron chi connectivity index (χ0n) is 14.7. The van der Waals surface area contributed by atoms with E-state index in [4.69, 9.17) is 5.53 Å². The first kappa shape index (κ1) is 23.3. The highest BCUT2D eigenvalue weighted by Gasteiger charge is 2.76. The largest absolute Gasteiger partial charge is 0.406 e. The van der Waals surface area contributed by atoms with E-state index in [9.17, 15) is 39.3 Å². The summed E-state index contributed by atoms with van der Waals surface area (Å²) >= 11 is 0. The van der Waals surface area contributed by atoms with E-state index in [0.29, 0.717) is 27.7 Å². The Labute approximate surface area is 147 Å². The summed E-state index contributed by atoms with van der Waals surface area (Å²) < 4.78 is 0. The summed E-state index contributed by atoms with van der Waals surface area (Å²) in [6.07, 6.45) is -2.22. The Kier molecular flexibility index (Phi) is 6.92. The molecule has 0 saturated heterocycles. The van der Waals surface area contributed by atoms with Gasteiger partial charge in [-0.25, -0.2) is 0 Å². The fourth-order valence-corrected chi connectivity index (χ4v) is 2.71. The lowest BCUT2D eigenvalue weighted by Crippen LogP contribution is -2.81. The normalized spacial score (nSPS) is 18.8. The van der Waals surface area contributed by atoms with Gasteiger partial charge in [0.15, 0.2) is 28.7 Å². The van der Waals surface area contributed by atoms with Crippen molar-refractivity contribution in [2.75, 3.05) is 0 Å². The van der Waals surface area contributed by atoms with Gasteiger partial charge in [0.2, 0.25) is 5.60 Å². The first-order valence-corrected chi connectivity index (χ1v) is 7.13. The van der Waals surface area contributed by atoms with Gasteiger partial charge in [-0.1, -0.05) is 0 Å². The zero-order valence-corrected chi connectivity index (χ0v) is 14.7. The van der Waals surface area contributed by atoms with Crippen molar-refractivity contribution in [2.24, 2.45) is 5.28 Å². The van der Waals surface area contributed by atoms with E-state index in [1.165, 1.54) is 0 Å². The van der Waals surface area contributed by atoms with Crippen LogP contribution >= 0.6 is 0 Å². The molecule has 144 valence electrons. The predicted octanol–water partition coefficient (Wildman–Crippen LogP) is -1.26. The highest BCUT2D eigenvalue weighted by molar-refractivity contribution is 6.45. The molecule has 0 aliphatic carbocycles. The molecule has 0 bridgehead atoms. The van der Waals surface area contributed by atoms with Crippen LogP contribution in [0.1, 0.15) is 34.6 Å². The van der Waals surface area contributed by atoms with Crippen molar-refractivity contribution in [3.8, 4) is 0 Å². The van der Waals surface area contributed by atoms with Crippen molar-refractivity contribution in [2.45, 2.75) is 57.5 Å². The summed E-state index contributed by atoms with van der Waals surface area (Å²) in [4.78, 5) is 67.2. The molecule has 0 heterocycles. The van der Waals surface area contributed by atoms with E-state index in [1.807, 2.05) is 0 Å². The standard InChI is InChI=1S/C14H19N3O9/c1-6(18)11(23)13(9(4)21,26-17-16-15)14(25,10(5)22)12(24,7(2)19)8(3)20/h7,19,24-25H,1-5H3/t7-,12-,13+,14+/m1/s1. The van der Waals surface area contributed by atoms with Crippen LogP contribution < -0.4 is 0 Å². The van der Waals surface area contributed by atoms with E-state index in [-0.39, 0.29) is 0 Å². The number of rotatable bonds is 10. The summed E-state index contributed by atoms with van der Waals surface area (Å²) in [5.41, 5.74) is -2.45. The first-order valence-electron chi connectivity index (χ1n) is 7.13. The Morgan fingerprint density at radius 2 is 1.46 bits per heavy atom. The van der Waals surface area contributed by atoms with Crippen LogP contribution in [0.4, 0.5) is 0 Å². The third-order valence-electron chi connectivity index (χ3n) is 4.06. The van der Waals surface area contributed by atoms with Gasteiger partial charge in [0.25, 0.3) is 11.4 Å². The molecule has 0 aromatic heterocycles. The number of nitrogens with zero attached hydrogens (tertiary/aromatic N) is 3. The van der Waals surface area contributed by atoms with Gasteiger partial charge in [0.1, 0.15) is 5.28 Å². The number of hydrogen-bond donors (Lipinski definition) is 3. The SMILES string of the molecule is CC(=O)C(=O)[C@@](ON=[N+]=[N-])(C(C)=O)[C@](O)(C(C)=O)[C@](O)(C(C)=O)[C@@H](C)O. The van der Waals surface area contributed by atoms with Crippen LogP contribution in [0.2, 0.25) is 0 Å². The second-order valence-corrected chi connectivity index (χ2v) is 5.65. The monoisotopic (exact) mass is 373 g/mol. The van der Waals surface area contributed by atoms with Crippen molar-refractivity contribution < 1.29 is 44.1 Å². The van der Waals surface area contributed by atoms with E-state index >= 15 is 0 Å². The van der Waals surface area contributed by atoms with Gasteiger partial charge in [-0.15, -0.1) is 0 Å². The Morgan fingerprint density at radius 1 is 1.00 bits per heavy atom. The number of azide groups is 1. The molecule has 0 aliphatic heterocycles. The Bertz CT molecular complexity index is 712. The lowest BCUT2D eigenvalue weighted by Gasteiger charge is -2.49. The maximum atomic E-state index is 12.5. The third-order valence-corrected chi connectivity index (χ3v) is 4.06. The maximum Gasteiger partial charge on any atom is 0.279 e. The van der Waals surface area contributed by atoms with Crippen LogP contribution in [0.15, 0.2) is 5.28 Å². The minimum atomic E-state index is -3.80. The summed E-state index contributed by atoms with van der Waals surface area (Å²) in [7, 11) is 0. The van der Waals surface area contributed by atoms with Gasteiger partial charge in [-0.2, -0.15) is 0 Å². The molecule has 0 fully saturated rings. The fraction of sp³-hybridized carbons (Fsp3) is 0.643. The Morgan fingerprint density at radius 3 is 1.69 bits per heavy atom. The summed E-state index contributed by atoms with van der Waals surface area (Å²) in [6.45, 7) is 3.24. The number of Topliss-reactive ketones (excluding diaryl/α,β-unsaturated/α-hetero) is 5. The van der Waals surface area contributed by atoms with Crippen molar-refractivity contribution in [1.82, 2.24) is 0 Å². The number of ketones is 5. The number of carbonyl (C=O) groups is 5. The summed E-state index contributed by atoms with van der Waals surface area (Å²) in [5, 5.41) is 34.0. The van der Waals surface area contributed by atoms with Crippen LogP contribution in [0.25, 0.3) is 10.4 Å². The first-order chi connectivity index (χ1) is 11.7. The highest BCUT2D eigenvalue weighted by atomic mass is 16.7. The van der Waals surface area contributed by atoms with Gasteiger partial charge < -0.3 is 20.2 Å². The molecular formula is C14H19N3O9. The van der Waals surface area contributed by atoms with Gasteiger partial charge >= 0.3 is 0 Å². The molecule has 0 radical (unpaired) electrons. The summed E-state index contributed by atoms with van der Waals surface area (Å²) in [5.74, 6) is -7.87. The van der Waals surface area contributed by atoms with E-state index in [2.05, 4.69) is 15.0 Å². The number of aliphatic hydroxyl groups excluding tert-OH is 1. The molecule has 0 amide bonds. The van der Waals surface area contributed by atoms with Crippen molar-refractivity contribution in [3.63, 3.8) is 0 Å². The predicted molar refractivity (Wildman–Crippen MR) is 82.3 cm³/mol. The minimum Gasteiger partial charge on any atom is -0.406 e. The Balaban J connectivity index is 7.50. The smallest absolute Gasteiger partial charge is 0.279 e. The molecule has 26 heavy (non-hydrogen) atoms. The second kappa shape index (κ2) is 7.70. The Hall–Kier alpha value is -2.66. The molecule has 0 aromatic rings. The van der Waals surface area contributed by atoms with E-state index < -0.39 is 51.8 Å². The molecule has 0 rings (SSSR count). The van der Waals surface area contributed by atoms with Crippen molar-refractivity contribution in [3.05, 3.63) is 10.4 Å². The van der Waals surface area contributed by atoms with Gasteiger partial charge in [-0.3, -0.25) is 24.0 Å². The average Bonchev–Trinajstić information content (AvgIpc) is 2.52. The zero-order chi connectivity index (χ0) is 21.1. The van der Waals surface area contributed by atoms with Crippen LogP contribution in [-0.2, 0) is 28.8 Å². The quantitative estimate of drug-likeness (QED) is 0.104. The molecule has 12 nitrogen and oxygen atoms in total. The van der Waals surface area contributed by atoms with Crippen molar-refractivity contribution in [1.29, 1.82) is 0 Å². The van der Waals surface area contributed by atoms with E-state index in [1.54, 1.807) is 0 Å². The van der Waals surface area contributed by atoms with Crippen LogP contribution in [0.5, 0.6) is 0 Å². The molecule has 0 spiro atoms. The second-order valence-electron chi connectivity index (χ2n) is 5.65. The van der Waals surface area contributed by atoms with Crippen LogP contribution in [0, 0.1) is 0 Å². The van der Waals surface area contributed by atoms with Crippen LogP contribution in [0.3, 0.4) is 0 Å². The average molecular weight is 373 g/mol. The number of carbonyl (C=O) groups excluding carboxylic acids is 5. The van der Waals surface area contributed by atoms with Gasteiger partial charge in [-0.05, 0) is 33.2 Å². The molecule has 12 heteroatoms.